The number of nitrogens with two attached hydrogens (primary N) is 1. The van der Waals surface area contributed by atoms with Gasteiger partial charge in [0, 0.05) is 11.8 Å². The van der Waals surface area contributed by atoms with Gasteiger partial charge in [0.1, 0.15) is 12.3 Å². The topological polar surface area (TPSA) is 85.8 Å². The van der Waals surface area contributed by atoms with Crippen molar-refractivity contribution >= 4 is 17.6 Å². The molecule has 8 heteroatoms. The highest BCUT2D eigenvalue weighted by Gasteiger charge is 2.07. The number of rotatable bonds is 7. The Morgan fingerprint density at radius 3 is 2.80 bits per heavy atom. The number of hydrogen-bond acceptors (Lipinski definition) is 6. The minimum absolute atomic E-state index is 0.0100. The number of alkyl halides is 2. The number of hydrogen-bond donors (Lipinski definition) is 1. The maximum absolute atomic E-state index is 12.7. The quantitative estimate of drug-likeness (QED) is 0.471. The van der Waals surface area contributed by atoms with Crippen LogP contribution in [0, 0.1) is 0 Å². The summed E-state index contributed by atoms with van der Waals surface area (Å²) in [7, 11) is 0. The molecule has 25 heavy (non-hydrogen) atoms. The van der Waals surface area contributed by atoms with Gasteiger partial charge in [-0.15, -0.1) is 0 Å². The van der Waals surface area contributed by atoms with E-state index in [2.05, 4.69) is 20.1 Å². The molecule has 2 N–H and O–H groups in total. The van der Waals surface area contributed by atoms with Crippen LogP contribution in [-0.4, -0.2) is 28.5 Å². The molecular weight excluding hydrogens is 328 g/mol. The van der Waals surface area contributed by atoms with E-state index < -0.39 is 6.43 Å². The third-order valence-electron chi connectivity index (χ3n) is 3.25. The van der Waals surface area contributed by atoms with E-state index in [1.54, 1.807) is 12.3 Å². The fourth-order valence-corrected chi connectivity index (χ4v) is 1.88. The summed E-state index contributed by atoms with van der Waals surface area (Å²) in [6.45, 7) is 4.04. The minimum Gasteiger partial charge on any atom is -0.457 e. The molecule has 0 bridgehead atoms. The summed E-state index contributed by atoms with van der Waals surface area (Å²) in [4.78, 5) is 12.4. The van der Waals surface area contributed by atoms with Gasteiger partial charge in [-0.25, -0.2) is 13.8 Å². The SMILES string of the molecule is CC(C)c1ccnc(OCC(C=Nc2cccc(C(F)F)c2)=NN)n1. The molecule has 1 heterocycles. The molecule has 132 valence electrons. The fourth-order valence-electron chi connectivity index (χ4n) is 1.88. The molecular formula is C17H19F2N5O. The summed E-state index contributed by atoms with van der Waals surface area (Å²) in [6, 6.07) is 7.77. The molecule has 6 nitrogen and oxygen atoms in total. The van der Waals surface area contributed by atoms with E-state index >= 15 is 0 Å². The summed E-state index contributed by atoms with van der Waals surface area (Å²) >= 11 is 0. The average Bonchev–Trinajstić information content (AvgIpc) is 2.62. The van der Waals surface area contributed by atoms with Crippen LogP contribution in [0.2, 0.25) is 0 Å². The molecule has 0 amide bonds. The lowest BCUT2D eigenvalue weighted by molar-refractivity contribution is 0.151. The van der Waals surface area contributed by atoms with Gasteiger partial charge < -0.3 is 10.6 Å². The smallest absolute Gasteiger partial charge is 0.316 e. The maximum Gasteiger partial charge on any atom is 0.316 e. The Morgan fingerprint density at radius 1 is 1.32 bits per heavy atom. The summed E-state index contributed by atoms with van der Waals surface area (Å²) in [6.07, 6.45) is 0.420. The minimum atomic E-state index is -2.55. The largest absolute Gasteiger partial charge is 0.457 e. The van der Waals surface area contributed by atoms with Gasteiger partial charge in [0.2, 0.25) is 0 Å². The highest BCUT2D eigenvalue weighted by Crippen LogP contribution is 2.22. The van der Waals surface area contributed by atoms with Gasteiger partial charge in [-0.2, -0.15) is 10.1 Å². The van der Waals surface area contributed by atoms with Crippen molar-refractivity contribution in [3.05, 3.63) is 47.8 Å². The van der Waals surface area contributed by atoms with Crippen molar-refractivity contribution in [2.24, 2.45) is 15.9 Å². The molecule has 0 radical (unpaired) electrons. The molecule has 0 fully saturated rings. The number of ether oxygens (including phenoxy) is 1. The third kappa shape index (κ3) is 5.59. The number of hydrazone groups is 1. The molecule has 1 aromatic heterocycles. The van der Waals surface area contributed by atoms with E-state index in [0.29, 0.717) is 11.4 Å². The van der Waals surface area contributed by atoms with Gasteiger partial charge in [-0.05, 0) is 24.1 Å². The van der Waals surface area contributed by atoms with Crippen molar-refractivity contribution in [3.8, 4) is 6.01 Å². The van der Waals surface area contributed by atoms with Crippen molar-refractivity contribution in [1.29, 1.82) is 0 Å². The molecule has 0 spiro atoms. The lowest BCUT2D eigenvalue weighted by atomic mass is 10.1. The van der Waals surface area contributed by atoms with E-state index in [1.165, 1.54) is 24.4 Å². The molecule has 0 saturated heterocycles. The lowest BCUT2D eigenvalue weighted by Crippen LogP contribution is -2.16. The van der Waals surface area contributed by atoms with Gasteiger partial charge in [-0.1, -0.05) is 26.0 Å². The van der Waals surface area contributed by atoms with Crippen LogP contribution in [-0.2, 0) is 0 Å². The van der Waals surface area contributed by atoms with Gasteiger partial charge in [0.25, 0.3) is 6.43 Å². The molecule has 0 atom stereocenters. The zero-order valence-electron chi connectivity index (χ0n) is 13.9. The number of halogens is 2. The first-order chi connectivity index (χ1) is 12.0. The maximum atomic E-state index is 12.7. The second-order valence-corrected chi connectivity index (χ2v) is 5.48. The lowest BCUT2D eigenvalue weighted by Gasteiger charge is -2.07. The van der Waals surface area contributed by atoms with Gasteiger partial charge in [-0.3, -0.25) is 4.99 Å². The van der Waals surface area contributed by atoms with Crippen LogP contribution in [0.4, 0.5) is 14.5 Å². The second kappa shape index (κ2) is 8.81. The molecule has 2 aromatic rings. The van der Waals surface area contributed by atoms with Crippen LogP contribution in [0.5, 0.6) is 6.01 Å². The third-order valence-corrected chi connectivity index (χ3v) is 3.25. The van der Waals surface area contributed by atoms with Crippen LogP contribution < -0.4 is 10.6 Å². The molecule has 1 aromatic carbocycles. The Labute approximate surface area is 144 Å². The van der Waals surface area contributed by atoms with Crippen molar-refractivity contribution in [2.45, 2.75) is 26.2 Å². The van der Waals surface area contributed by atoms with E-state index in [0.717, 1.165) is 5.69 Å². The van der Waals surface area contributed by atoms with Crippen LogP contribution in [0.3, 0.4) is 0 Å². The standard InChI is InChI=1S/C17H19F2N5O/c1-11(2)15-6-7-21-17(23-15)25-10-14(24-20)9-22-13-5-3-4-12(8-13)16(18)19/h3-9,11,16H,10,20H2,1-2H3. The number of aliphatic imine (C=N–C) groups is 1. The van der Waals surface area contributed by atoms with Crippen LogP contribution >= 0.6 is 0 Å². The Kier molecular flexibility index (Phi) is 6.50. The number of benzene rings is 1. The second-order valence-electron chi connectivity index (χ2n) is 5.48. The molecule has 0 aliphatic rings. The predicted octanol–water partition coefficient (Wildman–Crippen LogP) is 3.63. The van der Waals surface area contributed by atoms with Crippen molar-refractivity contribution in [1.82, 2.24) is 9.97 Å². The van der Waals surface area contributed by atoms with Crippen LogP contribution in [0.15, 0.2) is 46.6 Å². The number of nitrogens with zero attached hydrogens (tertiary/aromatic N) is 4. The average molecular weight is 347 g/mol. The predicted molar refractivity (Wildman–Crippen MR) is 92.8 cm³/mol. The molecule has 0 saturated carbocycles. The Hall–Kier alpha value is -2.90. The van der Waals surface area contributed by atoms with E-state index in [-0.39, 0.29) is 24.1 Å². The first-order valence-corrected chi connectivity index (χ1v) is 7.64. The fraction of sp³-hybridized carbons (Fsp3) is 0.294. The van der Waals surface area contributed by atoms with E-state index in [4.69, 9.17) is 10.6 Å². The van der Waals surface area contributed by atoms with Gasteiger partial charge in [0.15, 0.2) is 0 Å². The van der Waals surface area contributed by atoms with E-state index in [9.17, 15) is 8.78 Å². The first kappa shape index (κ1) is 18.4. The summed E-state index contributed by atoms with van der Waals surface area (Å²) in [5.74, 6) is 5.56. The molecule has 2 rings (SSSR count). The Bertz CT molecular complexity index is 762. The Morgan fingerprint density at radius 2 is 2.12 bits per heavy atom. The Balaban J connectivity index is 2.01. The highest BCUT2D eigenvalue weighted by molar-refractivity contribution is 6.31. The van der Waals surface area contributed by atoms with Gasteiger partial charge >= 0.3 is 6.01 Å². The number of aromatic nitrogens is 2. The molecule has 0 aliphatic carbocycles. The van der Waals surface area contributed by atoms with Crippen LogP contribution in [0.25, 0.3) is 0 Å². The van der Waals surface area contributed by atoms with Crippen LogP contribution in [0.1, 0.15) is 37.4 Å². The zero-order chi connectivity index (χ0) is 18.2. The molecule has 0 unspecified atom stereocenters. The van der Waals surface area contributed by atoms with Gasteiger partial charge in [0.05, 0.1) is 17.6 Å². The summed E-state index contributed by atoms with van der Waals surface area (Å²) in [5.41, 5.74) is 1.45. The summed E-state index contributed by atoms with van der Waals surface area (Å²) in [5, 5.41) is 3.57. The van der Waals surface area contributed by atoms with Crippen molar-refractivity contribution in [2.75, 3.05) is 6.61 Å². The van der Waals surface area contributed by atoms with Crippen molar-refractivity contribution in [3.63, 3.8) is 0 Å². The first-order valence-electron chi connectivity index (χ1n) is 7.64. The van der Waals surface area contributed by atoms with Crippen molar-refractivity contribution < 1.29 is 13.5 Å². The monoisotopic (exact) mass is 347 g/mol. The molecule has 0 aliphatic heterocycles. The van der Waals surface area contributed by atoms with E-state index in [1.807, 2.05) is 19.9 Å². The zero-order valence-corrected chi connectivity index (χ0v) is 13.9. The summed E-state index contributed by atoms with van der Waals surface area (Å²) < 4.78 is 30.8. The normalized spacial score (nSPS) is 12.3. The highest BCUT2D eigenvalue weighted by atomic mass is 19.3.